The fraction of sp³-hybridized carbons (Fsp3) is 1.00. The third-order valence-corrected chi connectivity index (χ3v) is 21.1. The Morgan fingerprint density at radius 3 is 1.22 bits per heavy atom. The number of hydrogen-bond acceptors (Lipinski definition) is 4. The van der Waals surface area contributed by atoms with Gasteiger partial charge in [-0.05, 0) is 78.1 Å². The first-order valence-corrected chi connectivity index (χ1v) is 23.7. The highest BCUT2D eigenvalue weighted by molar-refractivity contribution is 6.90. The highest BCUT2D eigenvalue weighted by Crippen LogP contribution is 2.27. The maximum Gasteiger partial charge on any atom is 0.314 e. The third-order valence-electron chi connectivity index (χ3n) is 2.91. The van der Waals surface area contributed by atoms with Crippen LogP contribution in [0.2, 0.25) is 78.1 Å². The van der Waals surface area contributed by atoms with Crippen molar-refractivity contribution in [1.82, 2.24) is 0 Å². The molecule has 0 spiro atoms. The molecule has 0 aliphatic carbocycles. The number of rotatable bonds is 10. The Hall–Kier alpha value is 0.924. The lowest BCUT2D eigenvalue weighted by Crippen LogP contribution is -2.58. The molecular weight excluding hydrogens is 373 g/mol. The lowest BCUT2D eigenvalue weighted by molar-refractivity contribution is 0.299. The minimum atomic E-state index is -2.28. The Labute approximate surface area is 150 Å². The third kappa shape index (κ3) is 12.0. The quantitative estimate of drug-likeness (QED) is 0.437. The van der Waals surface area contributed by atoms with Crippen LogP contribution in [-0.2, 0) is 16.5 Å². The van der Waals surface area contributed by atoms with E-state index in [1.54, 1.807) is 0 Å². The first-order valence-electron chi connectivity index (χ1n) is 8.69. The van der Waals surface area contributed by atoms with Crippen LogP contribution in [0.25, 0.3) is 0 Å². The van der Waals surface area contributed by atoms with Crippen LogP contribution in [0.1, 0.15) is 13.3 Å². The van der Waals surface area contributed by atoms with Gasteiger partial charge in [0.25, 0.3) is 0 Å². The maximum absolute atomic E-state index is 6.51. The molecule has 0 saturated heterocycles. The van der Waals surface area contributed by atoms with E-state index in [0.29, 0.717) is 0 Å². The molecule has 0 rings (SSSR count). The van der Waals surface area contributed by atoms with Gasteiger partial charge in [-0.3, -0.25) is 0 Å². The molecule has 23 heavy (non-hydrogen) atoms. The monoisotopic (exact) mass is 412 g/mol. The van der Waals surface area contributed by atoms with Gasteiger partial charge >= 0.3 is 25.7 Å². The van der Waals surface area contributed by atoms with Crippen LogP contribution in [-0.4, -0.2) is 42.3 Å². The zero-order chi connectivity index (χ0) is 18.7. The molecule has 0 aliphatic rings. The van der Waals surface area contributed by atoms with Crippen molar-refractivity contribution in [2.75, 3.05) is 0 Å². The van der Waals surface area contributed by atoms with Gasteiger partial charge in [-0.1, -0.05) is 13.3 Å². The topological polar surface area (TPSA) is 36.9 Å². The van der Waals surface area contributed by atoms with Crippen molar-refractivity contribution in [3.8, 4) is 0 Å². The molecule has 0 unspecified atom stereocenters. The molecule has 0 radical (unpaired) electrons. The molecule has 0 atom stereocenters. The second kappa shape index (κ2) is 8.08. The predicted octanol–water partition coefficient (Wildman–Crippen LogP) is 5.61. The van der Waals surface area contributed by atoms with Gasteiger partial charge in [0.1, 0.15) is 0 Å². The molecule has 0 N–H and O–H groups in total. The SMILES string of the molecule is CCC[Si](C)(C)O[Si](C)(C)O[Si](C)(C)O[Si](C)(C)O[Si](C)(C)C. The molecule has 0 saturated carbocycles. The standard InChI is InChI=1S/C14H40O4Si5/c1-13-14-20(5,6)16-22(9,10)18-23(11,12)17-21(7,8)15-19(2,3)4/h13-14H2,1-12H3. The molecule has 0 aromatic heterocycles. The zero-order valence-corrected chi connectivity index (χ0v) is 22.5. The zero-order valence-electron chi connectivity index (χ0n) is 17.5. The van der Waals surface area contributed by atoms with Crippen molar-refractivity contribution >= 4 is 42.3 Å². The van der Waals surface area contributed by atoms with E-state index in [9.17, 15) is 0 Å². The van der Waals surface area contributed by atoms with Crippen molar-refractivity contribution in [3.05, 3.63) is 0 Å². The molecule has 4 nitrogen and oxygen atoms in total. The van der Waals surface area contributed by atoms with Crippen LogP contribution in [0.4, 0.5) is 0 Å². The molecule has 0 bridgehead atoms. The summed E-state index contributed by atoms with van der Waals surface area (Å²) in [6.45, 7) is 26.3. The fourth-order valence-corrected chi connectivity index (χ4v) is 27.2. The summed E-state index contributed by atoms with van der Waals surface area (Å²) in [5, 5.41) is 0. The van der Waals surface area contributed by atoms with E-state index >= 15 is 0 Å². The molecule has 0 aliphatic heterocycles. The van der Waals surface area contributed by atoms with Crippen LogP contribution in [0.15, 0.2) is 0 Å². The van der Waals surface area contributed by atoms with Crippen LogP contribution in [0.3, 0.4) is 0 Å². The van der Waals surface area contributed by atoms with Gasteiger partial charge in [-0.15, -0.1) is 0 Å². The summed E-state index contributed by atoms with van der Waals surface area (Å²) in [6, 6.07) is 1.18. The van der Waals surface area contributed by atoms with Crippen molar-refractivity contribution < 1.29 is 16.5 Å². The minimum Gasteiger partial charge on any atom is -0.437 e. The summed E-state index contributed by atoms with van der Waals surface area (Å²) in [6.07, 6.45) is 1.17. The van der Waals surface area contributed by atoms with E-state index in [-0.39, 0.29) is 0 Å². The molecule has 0 amide bonds. The molecule has 0 aromatic carbocycles. The van der Waals surface area contributed by atoms with E-state index in [1.165, 1.54) is 12.5 Å². The van der Waals surface area contributed by atoms with Gasteiger partial charge in [0.2, 0.25) is 0 Å². The molecule has 0 heterocycles. The van der Waals surface area contributed by atoms with Gasteiger partial charge in [-0.25, -0.2) is 0 Å². The summed E-state index contributed by atoms with van der Waals surface area (Å²) in [4.78, 5) is 0. The Morgan fingerprint density at radius 2 is 0.870 bits per heavy atom. The predicted molar refractivity (Wildman–Crippen MR) is 113 cm³/mol. The van der Waals surface area contributed by atoms with Crippen LogP contribution < -0.4 is 0 Å². The summed E-state index contributed by atoms with van der Waals surface area (Å²) in [7, 11) is -9.90. The second-order valence-electron chi connectivity index (χ2n) is 9.23. The smallest absolute Gasteiger partial charge is 0.314 e. The Kier molecular flexibility index (Phi) is 8.41. The van der Waals surface area contributed by atoms with Gasteiger partial charge in [0, 0.05) is 0 Å². The van der Waals surface area contributed by atoms with Crippen LogP contribution in [0, 0.1) is 0 Å². The highest BCUT2D eigenvalue weighted by Gasteiger charge is 2.44. The van der Waals surface area contributed by atoms with Crippen molar-refractivity contribution in [3.63, 3.8) is 0 Å². The minimum absolute atomic E-state index is 1.17. The van der Waals surface area contributed by atoms with Crippen LogP contribution in [0.5, 0.6) is 0 Å². The first kappa shape index (κ1) is 23.9. The summed E-state index contributed by atoms with van der Waals surface area (Å²) in [5.74, 6) is 0. The fourth-order valence-electron chi connectivity index (χ4n) is 3.30. The molecular formula is C14H40O4Si5. The number of hydrogen-bond donors (Lipinski definition) is 0. The Bertz CT molecular complexity index is 378. The summed E-state index contributed by atoms with van der Waals surface area (Å²) in [5.41, 5.74) is 0. The maximum atomic E-state index is 6.51. The average molecular weight is 413 g/mol. The molecule has 140 valence electrons. The summed E-state index contributed by atoms with van der Waals surface area (Å²) < 4.78 is 25.8. The molecule has 0 fully saturated rings. The molecule has 9 heteroatoms. The first-order chi connectivity index (χ1) is 9.89. The van der Waals surface area contributed by atoms with E-state index in [0.717, 1.165) is 0 Å². The largest absolute Gasteiger partial charge is 0.437 e. The van der Waals surface area contributed by atoms with Crippen LogP contribution >= 0.6 is 0 Å². The van der Waals surface area contributed by atoms with Crippen molar-refractivity contribution in [2.24, 2.45) is 0 Å². The van der Waals surface area contributed by atoms with Gasteiger partial charge in [-0.2, -0.15) is 0 Å². The van der Waals surface area contributed by atoms with E-state index in [1.807, 2.05) is 0 Å². The average Bonchev–Trinajstić information content (AvgIpc) is 2.03. The van der Waals surface area contributed by atoms with E-state index < -0.39 is 42.3 Å². The van der Waals surface area contributed by atoms with Gasteiger partial charge in [0.05, 0.1) is 0 Å². The lowest BCUT2D eigenvalue weighted by atomic mass is 10.6. The van der Waals surface area contributed by atoms with Gasteiger partial charge in [0.15, 0.2) is 16.6 Å². The summed E-state index contributed by atoms with van der Waals surface area (Å²) >= 11 is 0. The van der Waals surface area contributed by atoms with E-state index in [4.69, 9.17) is 16.5 Å². The van der Waals surface area contributed by atoms with Crippen molar-refractivity contribution in [2.45, 2.75) is 91.4 Å². The Morgan fingerprint density at radius 1 is 0.522 bits per heavy atom. The van der Waals surface area contributed by atoms with Gasteiger partial charge < -0.3 is 16.5 Å². The normalized spacial score (nSPS) is 15.1. The Balaban J connectivity index is 4.89. The van der Waals surface area contributed by atoms with E-state index in [2.05, 4.69) is 78.9 Å². The lowest BCUT2D eigenvalue weighted by Gasteiger charge is -2.42. The second-order valence-corrected chi connectivity index (χ2v) is 29.1. The molecule has 0 aromatic rings. The highest BCUT2D eigenvalue weighted by atomic mass is 28.5. The van der Waals surface area contributed by atoms with Crippen molar-refractivity contribution in [1.29, 1.82) is 0 Å².